The van der Waals surface area contributed by atoms with Gasteiger partial charge in [0.05, 0.1) is 5.56 Å². The lowest BCUT2D eigenvalue weighted by molar-refractivity contribution is -0.0499. The topological polar surface area (TPSA) is 72.6 Å². The van der Waals surface area contributed by atoms with Crippen LogP contribution in [0.5, 0.6) is 5.75 Å². The van der Waals surface area contributed by atoms with Crippen molar-refractivity contribution in [3.8, 4) is 17.1 Å². The number of carbonyl (C=O) groups is 1. The fraction of sp³-hybridized carbons (Fsp3) is 0.167. The van der Waals surface area contributed by atoms with E-state index in [9.17, 15) is 13.6 Å². The Labute approximate surface area is 106 Å². The Bertz CT molecular complexity index is 610. The molecule has 0 aliphatic rings. The van der Waals surface area contributed by atoms with Crippen molar-refractivity contribution in [2.75, 3.05) is 0 Å². The number of benzene rings is 1. The predicted octanol–water partition coefficient (Wildman–Crippen LogP) is 2.95. The lowest BCUT2D eigenvalue weighted by Crippen LogP contribution is -2.04. The summed E-state index contributed by atoms with van der Waals surface area (Å²) in [7, 11) is 0. The molecule has 0 spiro atoms. The number of aromatic nitrogens is 1. The smallest absolute Gasteiger partial charge is 0.387 e. The molecule has 0 aliphatic heterocycles. The summed E-state index contributed by atoms with van der Waals surface area (Å²) < 4.78 is 34.0. The Morgan fingerprint density at radius 1 is 1.47 bits per heavy atom. The first kappa shape index (κ1) is 13.0. The molecule has 5 nitrogen and oxygen atoms in total. The first-order valence-electron chi connectivity index (χ1n) is 5.24. The van der Waals surface area contributed by atoms with Crippen molar-refractivity contribution in [3.05, 3.63) is 35.5 Å². The fourth-order valence-corrected chi connectivity index (χ4v) is 1.59. The summed E-state index contributed by atoms with van der Waals surface area (Å²) in [6.45, 7) is -1.39. The molecule has 0 saturated heterocycles. The zero-order chi connectivity index (χ0) is 14.0. The second-order valence-electron chi connectivity index (χ2n) is 3.71. The van der Waals surface area contributed by atoms with Crippen molar-refractivity contribution in [3.63, 3.8) is 0 Å². The van der Waals surface area contributed by atoms with Gasteiger partial charge in [0.25, 0.3) is 0 Å². The van der Waals surface area contributed by atoms with Crippen molar-refractivity contribution in [2.24, 2.45) is 0 Å². The maximum absolute atomic E-state index is 12.4. The molecule has 1 heterocycles. The molecule has 1 N–H and O–H groups in total. The van der Waals surface area contributed by atoms with E-state index in [4.69, 9.17) is 9.63 Å². The fourth-order valence-electron chi connectivity index (χ4n) is 1.59. The van der Waals surface area contributed by atoms with Crippen LogP contribution in [-0.2, 0) is 0 Å². The molecule has 0 radical (unpaired) electrons. The standard InChI is InChI=1S/C12H9F2NO4/c1-6-3-2-4-7(10(6)18-12(13)14)9-5-8(11(16)17)15-19-9/h2-5,12H,1H3,(H,16,17). The van der Waals surface area contributed by atoms with Crippen LogP contribution in [-0.4, -0.2) is 22.8 Å². The van der Waals surface area contributed by atoms with Crippen LogP contribution in [0.25, 0.3) is 11.3 Å². The number of rotatable bonds is 4. The molecule has 7 heteroatoms. The quantitative estimate of drug-likeness (QED) is 0.923. The molecule has 0 fully saturated rings. The van der Waals surface area contributed by atoms with Gasteiger partial charge in [0.1, 0.15) is 5.75 Å². The van der Waals surface area contributed by atoms with Crippen LogP contribution in [0.4, 0.5) is 8.78 Å². The molecule has 2 rings (SSSR count). The average Bonchev–Trinajstić information content (AvgIpc) is 2.80. The molecule has 1 aromatic carbocycles. The van der Waals surface area contributed by atoms with Gasteiger partial charge < -0.3 is 14.4 Å². The normalized spacial score (nSPS) is 10.7. The van der Waals surface area contributed by atoms with Crippen LogP contribution in [0, 0.1) is 6.92 Å². The highest BCUT2D eigenvalue weighted by molar-refractivity contribution is 5.86. The monoisotopic (exact) mass is 269 g/mol. The van der Waals surface area contributed by atoms with Gasteiger partial charge in [-0.3, -0.25) is 0 Å². The predicted molar refractivity (Wildman–Crippen MR) is 60.3 cm³/mol. The number of carboxylic acid groups (broad SMARTS) is 1. The van der Waals surface area contributed by atoms with Gasteiger partial charge in [0.2, 0.25) is 0 Å². The maximum atomic E-state index is 12.4. The van der Waals surface area contributed by atoms with Crippen LogP contribution in [0.15, 0.2) is 28.8 Å². The molecular weight excluding hydrogens is 260 g/mol. The molecule has 0 bridgehead atoms. The van der Waals surface area contributed by atoms with Gasteiger partial charge in [-0.2, -0.15) is 8.78 Å². The Morgan fingerprint density at radius 3 is 2.79 bits per heavy atom. The van der Waals surface area contributed by atoms with Gasteiger partial charge in [-0.1, -0.05) is 17.3 Å². The van der Waals surface area contributed by atoms with E-state index < -0.39 is 12.6 Å². The van der Waals surface area contributed by atoms with Crippen LogP contribution in [0.1, 0.15) is 16.1 Å². The van der Waals surface area contributed by atoms with Gasteiger partial charge in [0.15, 0.2) is 11.5 Å². The molecule has 0 saturated carbocycles. The van der Waals surface area contributed by atoms with Crippen molar-refractivity contribution in [2.45, 2.75) is 13.5 Å². The number of alkyl halides is 2. The summed E-state index contributed by atoms with van der Waals surface area (Å²) in [5.41, 5.74) is 0.394. The van der Waals surface area contributed by atoms with Crippen molar-refractivity contribution in [1.29, 1.82) is 0 Å². The van der Waals surface area contributed by atoms with Gasteiger partial charge in [-0.05, 0) is 18.6 Å². The molecule has 0 unspecified atom stereocenters. The van der Waals surface area contributed by atoms with Crippen molar-refractivity contribution in [1.82, 2.24) is 5.16 Å². The summed E-state index contributed by atoms with van der Waals surface area (Å²) in [4.78, 5) is 10.7. The molecule has 0 amide bonds. The number of aryl methyl sites for hydroxylation is 1. The summed E-state index contributed by atoms with van der Waals surface area (Å²) in [6.07, 6.45) is 0. The van der Waals surface area contributed by atoms with E-state index in [2.05, 4.69) is 9.89 Å². The minimum absolute atomic E-state index is 0.0525. The zero-order valence-electron chi connectivity index (χ0n) is 9.76. The number of hydrogen-bond acceptors (Lipinski definition) is 4. The molecule has 0 aliphatic carbocycles. The molecule has 1 aromatic heterocycles. The summed E-state index contributed by atoms with van der Waals surface area (Å²) in [6, 6.07) is 5.84. The van der Waals surface area contributed by atoms with Gasteiger partial charge in [-0.15, -0.1) is 0 Å². The summed E-state index contributed by atoms with van der Waals surface area (Å²) in [5, 5.41) is 12.1. The third kappa shape index (κ3) is 2.70. The number of halogens is 2. The Hall–Kier alpha value is -2.44. The zero-order valence-corrected chi connectivity index (χ0v) is 9.76. The number of nitrogens with zero attached hydrogens (tertiary/aromatic N) is 1. The highest BCUT2D eigenvalue weighted by Gasteiger charge is 2.18. The first-order chi connectivity index (χ1) is 8.99. The third-order valence-electron chi connectivity index (χ3n) is 2.41. The highest BCUT2D eigenvalue weighted by atomic mass is 19.3. The van der Waals surface area contributed by atoms with Crippen LogP contribution in [0.3, 0.4) is 0 Å². The number of carboxylic acids is 1. The van der Waals surface area contributed by atoms with E-state index >= 15 is 0 Å². The van der Waals surface area contributed by atoms with E-state index in [1.165, 1.54) is 6.07 Å². The molecule has 0 atom stereocenters. The minimum Gasteiger partial charge on any atom is -0.476 e. The van der Waals surface area contributed by atoms with Gasteiger partial charge in [-0.25, -0.2) is 4.79 Å². The van der Waals surface area contributed by atoms with E-state index in [1.54, 1.807) is 19.1 Å². The van der Waals surface area contributed by atoms with Gasteiger partial charge in [0, 0.05) is 6.07 Å². The first-order valence-corrected chi connectivity index (χ1v) is 5.24. The van der Waals surface area contributed by atoms with Crippen molar-refractivity contribution < 1.29 is 27.9 Å². The summed E-state index contributed by atoms with van der Waals surface area (Å²) in [5.74, 6) is -1.28. The number of aromatic carboxylic acids is 1. The highest BCUT2D eigenvalue weighted by Crippen LogP contribution is 2.34. The van der Waals surface area contributed by atoms with E-state index in [-0.39, 0.29) is 22.8 Å². The number of ether oxygens (including phenoxy) is 1. The Balaban J connectivity index is 2.48. The lowest BCUT2D eigenvalue weighted by Gasteiger charge is -2.11. The number of para-hydroxylation sites is 1. The minimum atomic E-state index is -2.98. The maximum Gasteiger partial charge on any atom is 0.387 e. The molecule has 100 valence electrons. The van der Waals surface area contributed by atoms with Crippen molar-refractivity contribution >= 4 is 5.97 Å². The number of hydrogen-bond donors (Lipinski definition) is 1. The lowest BCUT2D eigenvalue weighted by atomic mass is 10.1. The Kier molecular flexibility index (Phi) is 3.46. The second-order valence-corrected chi connectivity index (χ2v) is 3.71. The third-order valence-corrected chi connectivity index (χ3v) is 2.41. The largest absolute Gasteiger partial charge is 0.476 e. The van der Waals surface area contributed by atoms with Crippen LogP contribution >= 0.6 is 0 Å². The van der Waals surface area contributed by atoms with Crippen LogP contribution < -0.4 is 4.74 Å². The van der Waals surface area contributed by atoms with E-state index in [0.717, 1.165) is 6.07 Å². The van der Waals surface area contributed by atoms with E-state index in [1.807, 2.05) is 0 Å². The van der Waals surface area contributed by atoms with Crippen LogP contribution in [0.2, 0.25) is 0 Å². The molecule has 19 heavy (non-hydrogen) atoms. The molecule has 2 aromatic rings. The van der Waals surface area contributed by atoms with Gasteiger partial charge >= 0.3 is 12.6 Å². The second kappa shape index (κ2) is 5.05. The molecular formula is C12H9F2NO4. The summed E-state index contributed by atoms with van der Waals surface area (Å²) >= 11 is 0. The Morgan fingerprint density at radius 2 is 2.21 bits per heavy atom. The van der Waals surface area contributed by atoms with E-state index in [0.29, 0.717) is 5.56 Å². The SMILES string of the molecule is Cc1cccc(-c2cc(C(=O)O)no2)c1OC(F)F. The average molecular weight is 269 g/mol.